The molecule has 1 aliphatic heterocycles. The summed E-state index contributed by atoms with van der Waals surface area (Å²) in [6.07, 6.45) is -0.412. The van der Waals surface area contributed by atoms with E-state index in [1.807, 2.05) is 0 Å². The fourth-order valence-corrected chi connectivity index (χ4v) is 4.35. The number of anilines is 3. The molecule has 2 aromatic carbocycles. The number of thiocarbonyl (C=S) groups is 1. The van der Waals surface area contributed by atoms with Crippen LogP contribution in [0.15, 0.2) is 41.4 Å². The standard InChI is InChI=1S/C24H27ClN4O6S/c1-24(2)21(32)28(15-6-5-14(11-26-3)20(10-15)34-4)23(36)29(24)16-7-8-18(25)19(9-16)27-22(33)35-13-17(31)12-30/h5-11,17,30-31H,12-13H2,1-4H3,(H,27,33). The molecular weight excluding hydrogens is 508 g/mol. The number of benzene rings is 2. The fraction of sp³-hybridized carbons (Fsp3) is 0.333. The molecule has 0 aromatic heterocycles. The van der Waals surface area contributed by atoms with Crippen LogP contribution in [0.4, 0.5) is 21.9 Å². The van der Waals surface area contributed by atoms with E-state index in [1.54, 1.807) is 68.4 Å². The minimum absolute atomic E-state index is 0.215. The van der Waals surface area contributed by atoms with E-state index in [2.05, 4.69) is 10.3 Å². The van der Waals surface area contributed by atoms with E-state index in [9.17, 15) is 14.7 Å². The van der Waals surface area contributed by atoms with Crippen LogP contribution in [-0.4, -0.2) is 72.6 Å². The van der Waals surface area contributed by atoms with Gasteiger partial charge in [-0.2, -0.15) is 0 Å². The van der Waals surface area contributed by atoms with Crippen LogP contribution in [0.25, 0.3) is 0 Å². The maximum atomic E-state index is 13.5. The number of nitrogens with one attached hydrogen (secondary N) is 1. The van der Waals surface area contributed by atoms with Gasteiger partial charge in [0.15, 0.2) is 5.11 Å². The number of aliphatic hydroxyl groups is 2. The number of aliphatic hydroxyl groups excluding tert-OH is 2. The van der Waals surface area contributed by atoms with Crippen LogP contribution in [0.2, 0.25) is 5.02 Å². The number of hydrogen-bond donors (Lipinski definition) is 3. The molecule has 192 valence electrons. The minimum atomic E-state index is -1.20. The van der Waals surface area contributed by atoms with Crippen LogP contribution in [0.1, 0.15) is 19.4 Å². The SMILES string of the molecule is CN=Cc1ccc(N2C(=O)C(C)(C)N(c3ccc(Cl)c(NC(=O)OCC(O)CO)c3)C2=S)cc1OC. The molecule has 12 heteroatoms. The first-order valence-electron chi connectivity index (χ1n) is 10.9. The molecule has 2 amide bonds. The summed E-state index contributed by atoms with van der Waals surface area (Å²) in [6.45, 7) is 2.54. The Morgan fingerprint density at radius 3 is 2.61 bits per heavy atom. The van der Waals surface area contributed by atoms with Crippen LogP contribution in [0.5, 0.6) is 5.75 Å². The van der Waals surface area contributed by atoms with Crippen molar-refractivity contribution in [3.63, 3.8) is 0 Å². The number of hydrogen-bond acceptors (Lipinski definition) is 8. The van der Waals surface area contributed by atoms with Gasteiger partial charge >= 0.3 is 6.09 Å². The lowest BCUT2D eigenvalue weighted by Gasteiger charge is -2.30. The first-order chi connectivity index (χ1) is 17.0. The Balaban J connectivity index is 1.93. The van der Waals surface area contributed by atoms with Gasteiger partial charge in [-0.1, -0.05) is 11.6 Å². The van der Waals surface area contributed by atoms with E-state index in [0.29, 0.717) is 17.1 Å². The predicted molar refractivity (Wildman–Crippen MR) is 143 cm³/mol. The van der Waals surface area contributed by atoms with Crippen molar-refractivity contribution < 1.29 is 29.3 Å². The first kappa shape index (κ1) is 27.3. The van der Waals surface area contributed by atoms with E-state index in [1.165, 1.54) is 12.0 Å². The lowest BCUT2D eigenvalue weighted by molar-refractivity contribution is -0.120. The lowest BCUT2D eigenvalue weighted by Crippen LogP contribution is -2.44. The summed E-state index contributed by atoms with van der Waals surface area (Å²) in [5, 5.41) is 21.2. The van der Waals surface area contributed by atoms with Crippen molar-refractivity contribution in [1.29, 1.82) is 0 Å². The van der Waals surface area contributed by atoms with Crippen molar-refractivity contribution in [3.8, 4) is 5.75 Å². The molecule has 1 saturated heterocycles. The number of ether oxygens (including phenoxy) is 2. The molecule has 1 fully saturated rings. The normalized spacial score (nSPS) is 16.0. The van der Waals surface area contributed by atoms with E-state index >= 15 is 0 Å². The van der Waals surface area contributed by atoms with E-state index in [0.717, 1.165) is 5.56 Å². The summed E-state index contributed by atoms with van der Waals surface area (Å²) >= 11 is 12.0. The summed E-state index contributed by atoms with van der Waals surface area (Å²) in [5.41, 5.74) is 0.947. The van der Waals surface area contributed by atoms with Gasteiger partial charge in [-0.25, -0.2) is 4.79 Å². The van der Waals surface area contributed by atoms with Crippen molar-refractivity contribution in [1.82, 2.24) is 0 Å². The molecule has 1 atom stereocenters. The van der Waals surface area contributed by atoms with Crippen LogP contribution in [0, 0.1) is 0 Å². The van der Waals surface area contributed by atoms with E-state index in [4.69, 9.17) is 38.4 Å². The van der Waals surface area contributed by atoms with E-state index in [-0.39, 0.29) is 21.7 Å². The molecule has 0 spiro atoms. The molecule has 0 saturated carbocycles. The maximum Gasteiger partial charge on any atom is 0.411 e. The van der Waals surface area contributed by atoms with Gasteiger partial charge in [-0.3, -0.25) is 20.0 Å². The quantitative estimate of drug-likeness (QED) is 0.348. The average Bonchev–Trinajstić information content (AvgIpc) is 3.02. The lowest BCUT2D eigenvalue weighted by atomic mass is 10.0. The summed E-state index contributed by atoms with van der Waals surface area (Å²) < 4.78 is 10.3. The third kappa shape index (κ3) is 5.44. The van der Waals surface area contributed by atoms with Gasteiger partial charge in [0.25, 0.3) is 5.91 Å². The predicted octanol–water partition coefficient (Wildman–Crippen LogP) is 3.22. The number of aliphatic imine (C=N–C) groups is 1. The van der Waals surface area contributed by atoms with Gasteiger partial charge in [0.05, 0.1) is 30.1 Å². The number of carbonyl (C=O) groups is 2. The number of methoxy groups -OCH3 is 1. The Bertz CT molecular complexity index is 1210. The van der Waals surface area contributed by atoms with Crippen LogP contribution in [-0.2, 0) is 9.53 Å². The Morgan fingerprint density at radius 2 is 1.97 bits per heavy atom. The molecule has 3 rings (SSSR count). The fourth-order valence-electron chi connectivity index (χ4n) is 3.66. The molecular formula is C24H27ClN4O6S. The molecule has 1 unspecified atom stereocenters. The van der Waals surface area contributed by atoms with Gasteiger partial charge < -0.3 is 24.6 Å². The molecule has 2 aromatic rings. The average molecular weight is 535 g/mol. The zero-order valence-corrected chi connectivity index (χ0v) is 21.8. The van der Waals surface area contributed by atoms with Gasteiger partial charge in [-0.05, 0) is 56.4 Å². The highest BCUT2D eigenvalue weighted by atomic mass is 35.5. The number of amides is 2. The molecule has 0 bridgehead atoms. The third-order valence-electron chi connectivity index (χ3n) is 5.47. The van der Waals surface area contributed by atoms with E-state index < -0.39 is 30.9 Å². The molecule has 0 radical (unpaired) electrons. The highest BCUT2D eigenvalue weighted by Gasteiger charge is 2.50. The zero-order chi connectivity index (χ0) is 26.6. The second-order valence-electron chi connectivity index (χ2n) is 8.36. The van der Waals surface area contributed by atoms with Gasteiger partial charge in [0, 0.05) is 30.6 Å². The first-order valence-corrected chi connectivity index (χ1v) is 11.6. The summed E-state index contributed by atoms with van der Waals surface area (Å²) in [5.74, 6) is 0.279. The summed E-state index contributed by atoms with van der Waals surface area (Å²) in [4.78, 5) is 32.7. The Morgan fingerprint density at radius 1 is 1.28 bits per heavy atom. The second kappa shape index (κ2) is 11.2. The Labute approximate surface area is 219 Å². The van der Waals surface area contributed by atoms with Crippen molar-refractivity contribution >= 4 is 64.2 Å². The minimum Gasteiger partial charge on any atom is -0.496 e. The van der Waals surface area contributed by atoms with Gasteiger partial charge in [0.1, 0.15) is 24.0 Å². The molecule has 1 heterocycles. The summed E-state index contributed by atoms with van der Waals surface area (Å²) in [6, 6.07) is 10.1. The zero-order valence-electron chi connectivity index (χ0n) is 20.2. The largest absolute Gasteiger partial charge is 0.496 e. The van der Waals surface area contributed by atoms with Gasteiger partial charge in [0.2, 0.25) is 0 Å². The van der Waals surface area contributed by atoms with Crippen molar-refractivity contribution in [2.45, 2.75) is 25.5 Å². The highest BCUT2D eigenvalue weighted by molar-refractivity contribution is 7.81. The smallest absolute Gasteiger partial charge is 0.411 e. The third-order valence-corrected chi connectivity index (χ3v) is 6.17. The monoisotopic (exact) mass is 534 g/mol. The second-order valence-corrected chi connectivity index (χ2v) is 9.13. The maximum absolute atomic E-state index is 13.5. The van der Waals surface area contributed by atoms with Crippen molar-refractivity contribution in [2.75, 3.05) is 42.5 Å². The molecule has 0 aliphatic carbocycles. The number of halogens is 1. The van der Waals surface area contributed by atoms with Gasteiger partial charge in [-0.15, -0.1) is 0 Å². The molecule has 10 nitrogen and oxygen atoms in total. The Kier molecular flexibility index (Phi) is 8.51. The molecule has 36 heavy (non-hydrogen) atoms. The number of rotatable bonds is 8. The Hall–Kier alpha value is -3.25. The topological polar surface area (TPSA) is 124 Å². The van der Waals surface area contributed by atoms with Crippen molar-refractivity contribution in [2.24, 2.45) is 4.99 Å². The van der Waals surface area contributed by atoms with Crippen LogP contribution in [0.3, 0.4) is 0 Å². The molecule has 1 aliphatic rings. The number of carbonyl (C=O) groups excluding carboxylic acids is 2. The van der Waals surface area contributed by atoms with Crippen LogP contribution >= 0.6 is 23.8 Å². The van der Waals surface area contributed by atoms with Crippen molar-refractivity contribution in [3.05, 3.63) is 47.0 Å². The highest BCUT2D eigenvalue weighted by Crippen LogP contribution is 2.39. The summed E-state index contributed by atoms with van der Waals surface area (Å²) in [7, 11) is 3.19. The number of nitrogens with zero attached hydrogens (tertiary/aromatic N) is 3. The van der Waals surface area contributed by atoms with Crippen LogP contribution < -0.4 is 19.9 Å². The molecule has 3 N–H and O–H groups in total.